The van der Waals surface area contributed by atoms with Crippen LogP contribution in [0.1, 0.15) is 53.1 Å². The lowest BCUT2D eigenvalue weighted by Crippen LogP contribution is -2.44. The number of carbonyl (C=O) groups is 2. The van der Waals surface area contributed by atoms with Gasteiger partial charge in [0.15, 0.2) is 0 Å². The van der Waals surface area contributed by atoms with E-state index in [9.17, 15) is 14.0 Å². The number of amides is 2. The molecule has 1 aliphatic carbocycles. The molecule has 6 nitrogen and oxygen atoms in total. The third kappa shape index (κ3) is 4.04. The molecular formula is C25H26FN3O3S. The Labute approximate surface area is 196 Å². The number of fused-ring (bicyclic) bond motifs is 5. The van der Waals surface area contributed by atoms with Gasteiger partial charge in [0, 0.05) is 16.6 Å². The fraction of sp³-hybridized carbons (Fsp3) is 0.360. The Morgan fingerprint density at radius 1 is 1.18 bits per heavy atom. The Hall–Kier alpha value is -3.13. The summed E-state index contributed by atoms with van der Waals surface area (Å²) in [5.74, 6) is -0.839. The lowest BCUT2D eigenvalue weighted by Gasteiger charge is -2.31. The fourth-order valence-electron chi connectivity index (χ4n) is 4.88. The summed E-state index contributed by atoms with van der Waals surface area (Å²) in [6, 6.07) is 9.44. The number of nitrogens with zero attached hydrogens (tertiary/aromatic N) is 2. The van der Waals surface area contributed by atoms with Crippen LogP contribution in [0.4, 0.5) is 9.18 Å². The minimum atomic E-state index is -0.503. The highest BCUT2D eigenvalue weighted by atomic mass is 32.1. The topological polar surface area (TPSA) is 63.6 Å². The van der Waals surface area contributed by atoms with Crippen LogP contribution >= 0.6 is 11.3 Å². The molecule has 1 aliphatic heterocycles. The highest BCUT2D eigenvalue weighted by Gasteiger charge is 2.36. The molecule has 0 saturated carbocycles. The largest absolute Gasteiger partial charge is 0.465 e. The summed E-state index contributed by atoms with van der Waals surface area (Å²) in [6.07, 6.45) is 6.40. The van der Waals surface area contributed by atoms with Crippen LogP contribution in [0.5, 0.6) is 0 Å². The van der Waals surface area contributed by atoms with Crippen molar-refractivity contribution in [2.45, 2.75) is 45.2 Å². The molecule has 8 heteroatoms. The number of nitrogens with one attached hydrogen (secondary N) is 1. The number of rotatable bonds is 4. The Kier molecular flexibility index (Phi) is 5.93. The second-order valence-corrected chi connectivity index (χ2v) is 9.43. The van der Waals surface area contributed by atoms with E-state index in [1.807, 2.05) is 24.4 Å². The van der Waals surface area contributed by atoms with Crippen LogP contribution in [0.25, 0.3) is 5.00 Å². The number of thiophene rings is 1. The summed E-state index contributed by atoms with van der Waals surface area (Å²) < 4.78 is 21.4. The van der Waals surface area contributed by atoms with Gasteiger partial charge >= 0.3 is 12.0 Å². The first-order valence-electron chi connectivity index (χ1n) is 11.3. The van der Waals surface area contributed by atoms with E-state index in [1.54, 1.807) is 29.2 Å². The summed E-state index contributed by atoms with van der Waals surface area (Å²) >= 11 is 1.79. The first-order valence-corrected chi connectivity index (χ1v) is 12.1. The number of urea groups is 1. The molecule has 2 aliphatic rings. The van der Waals surface area contributed by atoms with Crippen molar-refractivity contribution < 1.29 is 18.7 Å². The monoisotopic (exact) mass is 467 g/mol. The molecule has 3 aromatic rings. The van der Waals surface area contributed by atoms with E-state index < -0.39 is 12.0 Å². The third-order valence-electron chi connectivity index (χ3n) is 6.29. The summed E-state index contributed by atoms with van der Waals surface area (Å²) in [4.78, 5) is 28.5. The molecule has 1 N–H and O–H groups in total. The molecule has 0 fully saturated rings. The van der Waals surface area contributed by atoms with Gasteiger partial charge in [-0.05, 0) is 68.0 Å². The summed E-state index contributed by atoms with van der Waals surface area (Å²) in [5.41, 5.74) is 4.07. The van der Waals surface area contributed by atoms with Crippen LogP contribution in [0, 0.1) is 5.82 Å². The van der Waals surface area contributed by atoms with E-state index >= 15 is 0 Å². The minimum Gasteiger partial charge on any atom is -0.465 e. The fourth-order valence-corrected chi connectivity index (χ4v) is 6.28. The molecule has 1 aromatic carbocycles. The number of aryl methyl sites for hydroxylation is 1. The van der Waals surface area contributed by atoms with Crippen LogP contribution in [0.15, 0.2) is 42.6 Å². The smallest absolute Gasteiger partial charge is 0.325 e. The second kappa shape index (κ2) is 9.02. The van der Waals surface area contributed by atoms with E-state index in [1.165, 1.54) is 29.0 Å². The van der Waals surface area contributed by atoms with Crippen LogP contribution < -0.4 is 5.32 Å². The second-order valence-electron chi connectivity index (χ2n) is 8.35. The van der Waals surface area contributed by atoms with Crippen molar-refractivity contribution in [2.24, 2.45) is 0 Å². The number of halogens is 1. The van der Waals surface area contributed by atoms with E-state index in [-0.39, 0.29) is 25.0 Å². The number of hydrogen-bond donors (Lipinski definition) is 1. The predicted octanol–water partition coefficient (Wildman–Crippen LogP) is 4.73. The van der Waals surface area contributed by atoms with Gasteiger partial charge in [0.1, 0.15) is 17.4 Å². The van der Waals surface area contributed by atoms with Crippen molar-refractivity contribution in [1.82, 2.24) is 14.8 Å². The van der Waals surface area contributed by atoms with Gasteiger partial charge < -0.3 is 19.5 Å². The SMILES string of the molecule is CCOC(=O)CNC(=O)N1Cc2c(sc3c2CCCC3)-n2cccc2[C@H]1c1cccc(F)c1. The summed E-state index contributed by atoms with van der Waals surface area (Å²) in [6.45, 7) is 2.15. The number of benzene rings is 1. The lowest BCUT2D eigenvalue weighted by atomic mass is 9.95. The van der Waals surface area contributed by atoms with Crippen LogP contribution in [0.2, 0.25) is 0 Å². The van der Waals surface area contributed by atoms with Crippen molar-refractivity contribution in [3.8, 4) is 5.00 Å². The zero-order valence-corrected chi connectivity index (χ0v) is 19.3. The van der Waals surface area contributed by atoms with Crippen LogP contribution in [-0.4, -0.2) is 34.6 Å². The van der Waals surface area contributed by atoms with Gasteiger partial charge in [-0.1, -0.05) is 12.1 Å². The van der Waals surface area contributed by atoms with Crippen molar-refractivity contribution in [1.29, 1.82) is 0 Å². The molecular weight excluding hydrogens is 441 g/mol. The van der Waals surface area contributed by atoms with E-state index in [0.717, 1.165) is 35.5 Å². The quantitative estimate of drug-likeness (QED) is 0.564. The van der Waals surface area contributed by atoms with Crippen LogP contribution in [0.3, 0.4) is 0 Å². The van der Waals surface area contributed by atoms with E-state index in [4.69, 9.17) is 4.74 Å². The first kappa shape index (κ1) is 21.7. The Morgan fingerprint density at radius 3 is 2.85 bits per heavy atom. The zero-order valence-electron chi connectivity index (χ0n) is 18.5. The minimum absolute atomic E-state index is 0.214. The van der Waals surface area contributed by atoms with Gasteiger partial charge in [0.25, 0.3) is 0 Å². The third-order valence-corrected chi connectivity index (χ3v) is 7.63. The molecule has 33 heavy (non-hydrogen) atoms. The number of aromatic nitrogens is 1. The maximum atomic E-state index is 14.2. The van der Waals surface area contributed by atoms with Crippen molar-refractivity contribution in [3.63, 3.8) is 0 Å². The predicted molar refractivity (Wildman–Crippen MR) is 124 cm³/mol. The number of ether oxygens (including phenoxy) is 1. The van der Waals surface area contributed by atoms with Gasteiger partial charge in [-0.15, -0.1) is 11.3 Å². The van der Waals surface area contributed by atoms with Crippen molar-refractivity contribution in [2.75, 3.05) is 13.2 Å². The standard InChI is InChI=1S/C25H26FN3O3S/c1-2-32-22(30)14-27-25(31)29-15-19-18-9-3-4-11-21(18)33-24(19)28-12-6-10-20(28)23(29)16-7-5-8-17(26)13-16/h5-8,10,12-13,23H,2-4,9,11,14-15H2,1H3,(H,27,31)/t23-/m1/s1. The van der Waals surface area contributed by atoms with E-state index in [0.29, 0.717) is 12.1 Å². The van der Waals surface area contributed by atoms with Crippen LogP contribution in [-0.2, 0) is 28.9 Å². The Morgan fingerprint density at radius 2 is 2.03 bits per heavy atom. The van der Waals surface area contributed by atoms with Gasteiger partial charge in [-0.3, -0.25) is 4.79 Å². The summed E-state index contributed by atoms with van der Waals surface area (Å²) in [7, 11) is 0. The lowest BCUT2D eigenvalue weighted by molar-refractivity contribution is -0.141. The maximum absolute atomic E-state index is 14.2. The van der Waals surface area contributed by atoms with Crippen molar-refractivity contribution in [3.05, 3.63) is 75.7 Å². The molecule has 2 amide bonds. The number of hydrogen-bond acceptors (Lipinski definition) is 4. The van der Waals surface area contributed by atoms with E-state index in [2.05, 4.69) is 9.88 Å². The summed E-state index contributed by atoms with van der Waals surface area (Å²) in [5, 5.41) is 3.85. The molecule has 2 aromatic heterocycles. The van der Waals surface area contributed by atoms with Gasteiger partial charge in [-0.25, -0.2) is 9.18 Å². The maximum Gasteiger partial charge on any atom is 0.325 e. The van der Waals surface area contributed by atoms with Gasteiger partial charge in [0.05, 0.1) is 24.9 Å². The molecule has 0 spiro atoms. The average Bonchev–Trinajstić information content (AvgIpc) is 3.39. The highest BCUT2D eigenvalue weighted by molar-refractivity contribution is 7.15. The molecule has 0 saturated heterocycles. The molecule has 0 bridgehead atoms. The average molecular weight is 468 g/mol. The normalized spacial score (nSPS) is 16.9. The van der Waals surface area contributed by atoms with Gasteiger partial charge in [0.2, 0.25) is 0 Å². The molecule has 0 unspecified atom stereocenters. The number of esters is 1. The Balaban J connectivity index is 1.60. The first-order chi connectivity index (χ1) is 16.1. The molecule has 3 heterocycles. The molecule has 172 valence electrons. The number of carbonyl (C=O) groups excluding carboxylic acids is 2. The van der Waals surface area contributed by atoms with Gasteiger partial charge in [-0.2, -0.15) is 0 Å². The zero-order chi connectivity index (χ0) is 22.9. The molecule has 5 rings (SSSR count). The molecule has 1 atom stereocenters. The highest BCUT2D eigenvalue weighted by Crippen LogP contribution is 2.44. The van der Waals surface area contributed by atoms with Crippen molar-refractivity contribution >= 4 is 23.3 Å². The molecule has 0 radical (unpaired) electrons. The Bertz CT molecular complexity index is 1200.